The number of pyridine rings is 1. The molecule has 2 fully saturated rings. The van der Waals surface area contributed by atoms with Crippen molar-refractivity contribution in [2.24, 2.45) is 5.92 Å². The smallest absolute Gasteiger partial charge is 0.0362 e. The second-order valence-corrected chi connectivity index (χ2v) is 6.34. The first-order valence-corrected chi connectivity index (χ1v) is 7.49. The first-order chi connectivity index (χ1) is 9.19. The van der Waals surface area contributed by atoms with Crippen molar-refractivity contribution in [3.05, 3.63) is 29.6 Å². The van der Waals surface area contributed by atoms with Gasteiger partial charge in [0.15, 0.2) is 0 Å². The van der Waals surface area contributed by atoms with Crippen LogP contribution in [0.1, 0.15) is 42.9 Å². The van der Waals surface area contributed by atoms with Crippen LogP contribution in [0.5, 0.6) is 0 Å². The predicted octanol–water partition coefficient (Wildman–Crippen LogP) is 2.52. The van der Waals surface area contributed by atoms with Crippen LogP contribution in [0.25, 0.3) is 0 Å². The first-order valence-electron chi connectivity index (χ1n) is 7.49. The van der Waals surface area contributed by atoms with E-state index in [-0.39, 0.29) is 0 Å². The highest BCUT2D eigenvalue weighted by Gasteiger charge is 2.40. The summed E-state index contributed by atoms with van der Waals surface area (Å²) in [5.41, 5.74) is 2.62. The van der Waals surface area contributed by atoms with E-state index in [0.717, 1.165) is 18.0 Å². The summed E-state index contributed by atoms with van der Waals surface area (Å²) in [6, 6.07) is 4.35. The fraction of sp³-hybridized carbons (Fsp3) is 0.688. The third kappa shape index (κ3) is 2.41. The quantitative estimate of drug-likeness (QED) is 0.904. The van der Waals surface area contributed by atoms with Crippen LogP contribution in [0.15, 0.2) is 18.5 Å². The normalized spacial score (nSPS) is 32.5. The van der Waals surface area contributed by atoms with Crippen molar-refractivity contribution >= 4 is 0 Å². The summed E-state index contributed by atoms with van der Waals surface area (Å²) in [5.74, 6) is 0.752. The van der Waals surface area contributed by atoms with Gasteiger partial charge in [-0.05, 0) is 63.7 Å². The third-order valence-electron chi connectivity index (χ3n) is 5.17. The molecule has 3 rings (SSSR count). The van der Waals surface area contributed by atoms with E-state index in [1.807, 2.05) is 12.4 Å². The molecule has 0 spiro atoms. The van der Waals surface area contributed by atoms with E-state index in [2.05, 4.69) is 42.3 Å². The molecule has 3 unspecified atom stereocenters. The molecule has 2 bridgehead atoms. The number of fused-ring (bicyclic) bond motifs is 2. The van der Waals surface area contributed by atoms with E-state index in [0.29, 0.717) is 6.04 Å². The first kappa shape index (κ1) is 13.1. The summed E-state index contributed by atoms with van der Waals surface area (Å²) in [6.45, 7) is 2.13. The minimum absolute atomic E-state index is 0.462. The molecule has 104 valence electrons. The molecule has 0 saturated carbocycles. The zero-order chi connectivity index (χ0) is 13.4. The molecule has 0 aromatic carbocycles. The van der Waals surface area contributed by atoms with Crippen molar-refractivity contribution < 1.29 is 0 Å². The molecule has 3 heteroatoms. The number of piperidine rings is 1. The maximum atomic E-state index is 4.37. The lowest BCUT2D eigenvalue weighted by atomic mass is 9.82. The van der Waals surface area contributed by atoms with Gasteiger partial charge in [-0.2, -0.15) is 0 Å². The van der Waals surface area contributed by atoms with Crippen LogP contribution in [-0.2, 0) is 0 Å². The molecule has 1 aromatic rings. The Kier molecular flexibility index (Phi) is 3.59. The van der Waals surface area contributed by atoms with Gasteiger partial charge in [0.25, 0.3) is 0 Å². The van der Waals surface area contributed by atoms with Gasteiger partial charge in [0, 0.05) is 30.5 Å². The van der Waals surface area contributed by atoms with Crippen molar-refractivity contribution in [2.45, 2.75) is 50.7 Å². The molecule has 1 aromatic heterocycles. The van der Waals surface area contributed by atoms with E-state index < -0.39 is 0 Å². The SMILES string of the molecule is CNC(c1cncc(C)c1)C1CC2CCC(C1)N2C. The van der Waals surface area contributed by atoms with Crippen LogP contribution in [-0.4, -0.2) is 36.1 Å². The fourth-order valence-corrected chi connectivity index (χ4v) is 4.15. The van der Waals surface area contributed by atoms with Crippen LogP contribution >= 0.6 is 0 Å². The van der Waals surface area contributed by atoms with Crippen molar-refractivity contribution in [2.75, 3.05) is 14.1 Å². The number of aryl methyl sites for hydroxylation is 1. The minimum atomic E-state index is 0.462. The molecule has 3 atom stereocenters. The summed E-state index contributed by atoms with van der Waals surface area (Å²) in [7, 11) is 4.40. The molecule has 3 heterocycles. The molecule has 0 aliphatic carbocycles. The van der Waals surface area contributed by atoms with Gasteiger partial charge < -0.3 is 10.2 Å². The average Bonchev–Trinajstić information content (AvgIpc) is 2.63. The Balaban J connectivity index is 1.80. The van der Waals surface area contributed by atoms with Crippen molar-refractivity contribution in [1.82, 2.24) is 15.2 Å². The molecule has 2 saturated heterocycles. The summed E-state index contributed by atoms with van der Waals surface area (Å²) in [6.07, 6.45) is 9.40. The topological polar surface area (TPSA) is 28.2 Å². The monoisotopic (exact) mass is 259 g/mol. The van der Waals surface area contributed by atoms with Crippen LogP contribution in [0.2, 0.25) is 0 Å². The van der Waals surface area contributed by atoms with E-state index in [4.69, 9.17) is 0 Å². The van der Waals surface area contributed by atoms with Crippen LogP contribution in [0, 0.1) is 12.8 Å². The predicted molar refractivity (Wildman–Crippen MR) is 78.1 cm³/mol. The van der Waals surface area contributed by atoms with Gasteiger partial charge in [-0.25, -0.2) is 0 Å². The fourth-order valence-electron chi connectivity index (χ4n) is 4.15. The van der Waals surface area contributed by atoms with Gasteiger partial charge >= 0.3 is 0 Å². The van der Waals surface area contributed by atoms with Gasteiger partial charge in [0.1, 0.15) is 0 Å². The van der Waals surface area contributed by atoms with Crippen LogP contribution in [0.4, 0.5) is 0 Å². The van der Waals surface area contributed by atoms with E-state index in [1.165, 1.54) is 36.8 Å². The summed E-state index contributed by atoms with van der Waals surface area (Å²) in [5, 5.41) is 3.54. The summed E-state index contributed by atoms with van der Waals surface area (Å²) < 4.78 is 0. The lowest BCUT2D eigenvalue weighted by Gasteiger charge is -2.40. The highest BCUT2D eigenvalue weighted by atomic mass is 15.2. The van der Waals surface area contributed by atoms with Crippen molar-refractivity contribution in [1.29, 1.82) is 0 Å². The standard InChI is InChI=1S/C16H25N3/c1-11-6-13(10-18-9-11)16(17-2)12-7-14-4-5-15(8-12)19(14)3/h6,9-10,12,14-17H,4-5,7-8H2,1-3H3. The number of nitrogens with zero attached hydrogens (tertiary/aromatic N) is 2. The Morgan fingerprint density at radius 3 is 2.53 bits per heavy atom. The molecule has 2 aliphatic heterocycles. The minimum Gasteiger partial charge on any atom is -0.313 e. The molecule has 0 amide bonds. The Morgan fingerprint density at radius 1 is 1.26 bits per heavy atom. The maximum Gasteiger partial charge on any atom is 0.0362 e. The summed E-state index contributed by atoms with van der Waals surface area (Å²) in [4.78, 5) is 6.97. The Hall–Kier alpha value is -0.930. The zero-order valence-electron chi connectivity index (χ0n) is 12.3. The number of hydrogen-bond donors (Lipinski definition) is 1. The van der Waals surface area contributed by atoms with Gasteiger partial charge in [0.05, 0.1) is 0 Å². The van der Waals surface area contributed by atoms with Gasteiger partial charge in [0.2, 0.25) is 0 Å². The van der Waals surface area contributed by atoms with Crippen molar-refractivity contribution in [3.63, 3.8) is 0 Å². The Morgan fingerprint density at radius 2 is 1.95 bits per heavy atom. The summed E-state index contributed by atoms with van der Waals surface area (Å²) >= 11 is 0. The van der Waals surface area contributed by atoms with Crippen LogP contribution < -0.4 is 5.32 Å². The molecule has 1 N–H and O–H groups in total. The second kappa shape index (κ2) is 5.22. The number of hydrogen-bond acceptors (Lipinski definition) is 3. The highest BCUT2D eigenvalue weighted by molar-refractivity contribution is 5.21. The lowest BCUT2D eigenvalue weighted by molar-refractivity contribution is 0.114. The van der Waals surface area contributed by atoms with Crippen molar-refractivity contribution in [3.8, 4) is 0 Å². The van der Waals surface area contributed by atoms with Gasteiger partial charge in [-0.1, -0.05) is 6.07 Å². The molecule has 19 heavy (non-hydrogen) atoms. The molecule has 0 radical (unpaired) electrons. The Labute approximate surface area is 116 Å². The zero-order valence-corrected chi connectivity index (χ0v) is 12.3. The van der Waals surface area contributed by atoms with Crippen LogP contribution in [0.3, 0.4) is 0 Å². The Bertz CT molecular complexity index is 431. The molecule has 3 nitrogen and oxygen atoms in total. The average molecular weight is 259 g/mol. The molecular formula is C16H25N3. The second-order valence-electron chi connectivity index (χ2n) is 6.34. The maximum absolute atomic E-state index is 4.37. The largest absolute Gasteiger partial charge is 0.313 e. The highest BCUT2D eigenvalue weighted by Crippen LogP contribution is 2.42. The van der Waals surface area contributed by atoms with E-state index in [9.17, 15) is 0 Å². The molecule has 2 aliphatic rings. The van der Waals surface area contributed by atoms with Gasteiger partial charge in [-0.15, -0.1) is 0 Å². The molecular weight excluding hydrogens is 234 g/mol. The van der Waals surface area contributed by atoms with E-state index in [1.54, 1.807) is 0 Å². The number of aromatic nitrogens is 1. The van der Waals surface area contributed by atoms with Gasteiger partial charge in [-0.3, -0.25) is 4.98 Å². The third-order valence-corrected chi connectivity index (χ3v) is 5.17. The number of nitrogens with one attached hydrogen (secondary N) is 1. The number of rotatable bonds is 3. The lowest BCUT2D eigenvalue weighted by Crippen LogP contribution is -2.43. The van der Waals surface area contributed by atoms with E-state index >= 15 is 0 Å².